The standard InChI is InChI=1S/C20H20ClN3O2S/c1-3-24(20(26)13(2)27-15-10-8-14(21)9-11-15)12-18-22-17-7-5-4-6-16(17)19(25)23-18/h4-11,13H,3,12H2,1-2H3,(H,22,23,25). The number of nitrogens with one attached hydrogen (secondary N) is 1. The van der Waals surface area contributed by atoms with Gasteiger partial charge in [-0.25, -0.2) is 4.98 Å². The maximum Gasteiger partial charge on any atom is 0.258 e. The highest BCUT2D eigenvalue weighted by atomic mass is 35.5. The van der Waals surface area contributed by atoms with Crippen LogP contribution < -0.4 is 5.56 Å². The first-order valence-electron chi connectivity index (χ1n) is 8.67. The van der Waals surface area contributed by atoms with Gasteiger partial charge in [-0.3, -0.25) is 9.59 Å². The summed E-state index contributed by atoms with van der Waals surface area (Å²) >= 11 is 7.39. The minimum absolute atomic E-state index is 0.00624. The largest absolute Gasteiger partial charge is 0.335 e. The molecule has 1 heterocycles. The van der Waals surface area contributed by atoms with Crippen LogP contribution in [0.3, 0.4) is 0 Å². The molecule has 1 aromatic heterocycles. The monoisotopic (exact) mass is 401 g/mol. The lowest BCUT2D eigenvalue weighted by atomic mass is 10.2. The van der Waals surface area contributed by atoms with E-state index in [4.69, 9.17) is 11.6 Å². The van der Waals surface area contributed by atoms with Crippen LogP contribution in [0.4, 0.5) is 0 Å². The fourth-order valence-corrected chi connectivity index (χ4v) is 3.84. The summed E-state index contributed by atoms with van der Waals surface area (Å²) in [5.41, 5.74) is 0.436. The van der Waals surface area contributed by atoms with E-state index in [2.05, 4.69) is 9.97 Å². The number of halogens is 1. The average Bonchev–Trinajstić information content (AvgIpc) is 2.67. The smallest absolute Gasteiger partial charge is 0.258 e. The predicted octanol–water partition coefficient (Wildman–Crippen LogP) is 4.11. The molecule has 0 aliphatic rings. The van der Waals surface area contributed by atoms with E-state index in [0.717, 1.165) is 4.90 Å². The van der Waals surface area contributed by atoms with E-state index in [1.807, 2.05) is 44.2 Å². The van der Waals surface area contributed by atoms with Crippen LogP contribution >= 0.6 is 23.4 Å². The van der Waals surface area contributed by atoms with Gasteiger partial charge < -0.3 is 9.88 Å². The van der Waals surface area contributed by atoms with Crippen LogP contribution in [-0.2, 0) is 11.3 Å². The Kier molecular flexibility index (Phi) is 6.19. The SMILES string of the molecule is CCN(Cc1nc2ccccc2c(=O)[nH]1)C(=O)C(C)Sc1ccc(Cl)cc1. The predicted molar refractivity (Wildman–Crippen MR) is 110 cm³/mol. The Labute approximate surface area is 166 Å². The number of aromatic nitrogens is 2. The van der Waals surface area contributed by atoms with Gasteiger partial charge in [0, 0.05) is 16.5 Å². The number of benzene rings is 2. The summed E-state index contributed by atoms with van der Waals surface area (Å²) in [6.45, 7) is 4.58. The van der Waals surface area contributed by atoms with Gasteiger partial charge in [-0.1, -0.05) is 23.7 Å². The van der Waals surface area contributed by atoms with Gasteiger partial charge in [0.05, 0.1) is 22.7 Å². The molecule has 1 unspecified atom stereocenters. The molecule has 0 spiro atoms. The number of amides is 1. The molecular formula is C20H20ClN3O2S. The van der Waals surface area contributed by atoms with E-state index < -0.39 is 0 Å². The molecule has 1 N–H and O–H groups in total. The molecule has 3 rings (SSSR count). The summed E-state index contributed by atoms with van der Waals surface area (Å²) in [4.78, 5) is 35.0. The van der Waals surface area contributed by atoms with Crippen molar-refractivity contribution >= 4 is 40.2 Å². The van der Waals surface area contributed by atoms with E-state index in [9.17, 15) is 9.59 Å². The summed E-state index contributed by atoms with van der Waals surface area (Å²) in [5.74, 6) is 0.478. The first-order valence-corrected chi connectivity index (χ1v) is 9.92. The van der Waals surface area contributed by atoms with Gasteiger partial charge in [-0.15, -0.1) is 11.8 Å². The van der Waals surface area contributed by atoms with E-state index in [1.165, 1.54) is 11.8 Å². The Morgan fingerprint density at radius 2 is 1.93 bits per heavy atom. The molecule has 140 valence electrons. The van der Waals surface area contributed by atoms with E-state index in [1.54, 1.807) is 23.1 Å². The fourth-order valence-electron chi connectivity index (χ4n) is 2.76. The number of H-pyrrole nitrogens is 1. The second-order valence-corrected chi connectivity index (χ2v) is 7.95. The van der Waals surface area contributed by atoms with Crippen molar-refractivity contribution in [1.82, 2.24) is 14.9 Å². The maximum atomic E-state index is 12.9. The Morgan fingerprint density at radius 1 is 1.22 bits per heavy atom. The van der Waals surface area contributed by atoms with Crippen LogP contribution in [-0.4, -0.2) is 32.6 Å². The normalized spacial score (nSPS) is 12.1. The lowest BCUT2D eigenvalue weighted by Gasteiger charge is -2.23. The van der Waals surface area contributed by atoms with Crippen molar-refractivity contribution in [3.8, 4) is 0 Å². The number of para-hydroxylation sites is 1. The minimum Gasteiger partial charge on any atom is -0.335 e. The first kappa shape index (κ1) is 19.5. The first-order chi connectivity index (χ1) is 13.0. The van der Waals surface area contributed by atoms with Crippen molar-refractivity contribution < 1.29 is 4.79 Å². The van der Waals surface area contributed by atoms with Gasteiger partial charge in [0.25, 0.3) is 5.56 Å². The highest BCUT2D eigenvalue weighted by Crippen LogP contribution is 2.26. The molecular weight excluding hydrogens is 382 g/mol. The number of nitrogens with zero attached hydrogens (tertiary/aromatic N) is 2. The van der Waals surface area contributed by atoms with Crippen LogP contribution in [0.2, 0.25) is 5.02 Å². The summed E-state index contributed by atoms with van der Waals surface area (Å²) in [6, 6.07) is 14.6. The number of hydrogen-bond acceptors (Lipinski definition) is 4. The maximum absolute atomic E-state index is 12.9. The van der Waals surface area contributed by atoms with Crippen molar-refractivity contribution in [2.75, 3.05) is 6.54 Å². The van der Waals surface area contributed by atoms with Crippen molar-refractivity contribution in [2.24, 2.45) is 0 Å². The number of rotatable bonds is 6. The molecule has 7 heteroatoms. The topological polar surface area (TPSA) is 66.1 Å². The molecule has 1 atom stereocenters. The van der Waals surface area contributed by atoms with Crippen LogP contribution in [0, 0.1) is 0 Å². The van der Waals surface area contributed by atoms with Crippen LogP contribution in [0.25, 0.3) is 10.9 Å². The molecule has 0 saturated heterocycles. The lowest BCUT2D eigenvalue weighted by molar-refractivity contribution is -0.130. The zero-order valence-electron chi connectivity index (χ0n) is 15.1. The van der Waals surface area contributed by atoms with Gasteiger partial charge in [0.1, 0.15) is 5.82 Å². The van der Waals surface area contributed by atoms with Crippen molar-refractivity contribution in [3.05, 3.63) is 69.7 Å². The summed E-state index contributed by atoms with van der Waals surface area (Å²) in [7, 11) is 0. The van der Waals surface area contributed by atoms with Crippen LogP contribution in [0.1, 0.15) is 19.7 Å². The number of carbonyl (C=O) groups excluding carboxylic acids is 1. The molecule has 0 fully saturated rings. The minimum atomic E-state index is -0.265. The Morgan fingerprint density at radius 3 is 2.63 bits per heavy atom. The Bertz CT molecular complexity index is 1000. The molecule has 0 bridgehead atoms. The lowest BCUT2D eigenvalue weighted by Crippen LogP contribution is -2.37. The van der Waals surface area contributed by atoms with E-state index in [0.29, 0.717) is 28.3 Å². The van der Waals surface area contributed by atoms with Crippen molar-refractivity contribution in [3.63, 3.8) is 0 Å². The summed E-state index contributed by atoms with van der Waals surface area (Å²) in [6.07, 6.45) is 0. The molecule has 0 aliphatic heterocycles. The molecule has 5 nitrogen and oxygen atoms in total. The third kappa shape index (κ3) is 4.70. The second kappa shape index (κ2) is 8.59. The average molecular weight is 402 g/mol. The van der Waals surface area contributed by atoms with Gasteiger partial charge in [-0.2, -0.15) is 0 Å². The Balaban J connectivity index is 1.75. The second-order valence-electron chi connectivity index (χ2n) is 6.10. The third-order valence-corrected chi connectivity index (χ3v) is 5.52. The number of hydrogen-bond donors (Lipinski definition) is 1. The third-order valence-electron chi connectivity index (χ3n) is 4.17. The molecule has 3 aromatic rings. The molecule has 0 saturated carbocycles. The summed E-state index contributed by atoms with van der Waals surface area (Å²) in [5, 5.41) is 0.945. The van der Waals surface area contributed by atoms with Crippen molar-refractivity contribution in [1.29, 1.82) is 0 Å². The molecule has 27 heavy (non-hydrogen) atoms. The van der Waals surface area contributed by atoms with E-state index >= 15 is 0 Å². The Hall–Kier alpha value is -2.31. The van der Waals surface area contributed by atoms with Crippen LogP contribution in [0.15, 0.2) is 58.2 Å². The zero-order valence-corrected chi connectivity index (χ0v) is 16.7. The highest BCUT2D eigenvalue weighted by molar-refractivity contribution is 8.00. The summed E-state index contributed by atoms with van der Waals surface area (Å²) < 4.78 is 0. The highest BCUT2D eigenvalue weighted by Gasteiger charge is 2.21. The fraction of sp³-hybridized carbons (Fsp3) is 0.250. The van der Waals surface area contributed by atoms with Gasteiger partial charge >= 0.3 is 0 Å². The zero-order chi connectivity index (χ0) is 19.4. The van der Waals surface area contributed by atoms with Gasteiger partial charge in [-0.05, 0) is 50.2 Å². The number of thioether (sulfide) groups is 1. The number of fused-ring (bicyclic) bond motifs is 1. The van der Waals surface area contributed by atoms with E-state index in [-0.39, 0.29) is 23.3 Å². The molecule has 2 aromatic carbocycles. The molecule has 0 radical (unpaired) electrons. The molecule has 0 aliphatic carbocycles. The van der Waals surface area contributed by atoms with Crippen molar-refractivity contribution in [2.45, 2.75) is 30.5 Å². The van der Waals surface area contributed by atoms with Gasteiger partial charge in [0.2, 0.25) is 5.91 Å². The number of aromatic amines is 1. The van der Waals surface area contributed by atoms with Crippen LogP contribution in [0.5, 0.6) is 0 Å². The quantitative estimate of drug-likeness (QED) is 0.631. The molecule has 1 amide bonds. The van der Waals surface area contributed by atoms with Gasteiger partial charge in [0.15, 0.2) is 0 Å². The number of carbonyl (C=O) groups is 1.